The number of nitrogens with zero attached hydrogens (tertiary/aromatic N) is 1. The molecule has 2 amide bonds. The van der Waals surface area contributed by atoms with Crippen molar-refractivity contribution >= 4 is 22.7 Å². The Bertz CT molecular complexity index is 1280. The summed E-state index contributed by atoms with van der Waals surface area (Å²) >= 11 is 0. The number of hydrogen-bond acceptors (Lipinski definition) is 3. The molecule has 2 saturated heterocycles. The number of ether oxygens (including phenoxy) is 1. The zero-order valence-corrected chi connectivity index (χ0v) is 19.9. The van der Waals surface area contributed by atoms with E-state index in [9.17, 15) is 9.59 Å². The predicted molar refractivity (Wildman–Crippen MR) is 135 cm³/mol. The molecule has 3 aliphatic rings. The third kappa shape index (κ3) is 3.86. The van der Waals surface area contributed by atoms with Gasteiger partial charge >= 0.3 is 0 Å². The van der Waals surface area contributed by atoms with E-state index in [4.69, 9.17) is 4.74 Å². The van der Waals surface area contributed by atoms with Crippen molar-refractivity contribution in [1.29, 1.82) is 0 Å². The molecule has 5 atom stereocenters. The maximum absolute atomic E-state index is 13.5. The molecule has 1 spiro atoms. The average molecular weight is 470 g/mol. The normalized spacial score (nSPS) is 27.5. The van der Waals surface area contributed by atoms with Gasteiger partial charge in [-0.3, -0.25) is 9.59 Å². The second-order valence-corrected chi connectivity index (χ2v) is 10.2. The van der Waals surface area contributed by atoms with Crippen molar-refractivity contribution < 1.29 is 14.3 Å². The number of para-hydroxylation sites is 1. The first-order chi connectivity index (χ1) is 17.0. The number of amides is 2. The summed E-state index contributed by atoms with van der Waals surface area (Å²) in [5.41, 5.74) is 2.89. The lowest BCUT2D eigenvalue weighted by Crippen LogP contribution is -2.46. The van der Waals surface area contributed by atoms with Gasteiger partial charge in [0.05, 0.1) is 24.5 Å². The van der Waals surface area contributed by atoms with Crippen molar-refractivity contribution in [1.82, 2.24) is 15.2 Å². The van der Waals surface area contributed by atoms with Crippen LogP contribution in [0, 0.1) is 11.8 Å². The first-order valence-electron chi connectivity index (χ1n) is 12.6. The van der Waals surface area contributed by atoms with Gasteiger partial charge in [0.1, 0.15) is 5.60 Å². The number of aryl methyl sites for hydroxylation is 1. The van der Waals surface area contributed by atoms with Crippen LogP contribution in [-0.2, 0) is 27.2 Å². The number of aromatic amines is 1. The van der Waals surface area contributed by atoms with Crippen LogP contribution in [0.5, 0.6) is 0 Å². The molecule has 6 rings (SSSR count). The Morgan fingerprint density at radius 1 is 1.17 bits per heavy atom. The van der Waals surface area contributed by atoms with Crippen LogP contribution in [-0.4, -0.2) is 52.5 Å². The highest BCUT2D eigenvalue weighted by Gasteiger charge is 2.66. The van der Waals surface area contributed by atoms with Gasteiger partial charge in [0.15, 0.2) is 0 Å². The molecule has 3 aromatic rings. The van der Waals surface area contributed by atoms with Crippen LogP contribution in [0.2, 0.25) is 0 Å². The monoisotopic (exact) mass is 469 g/mol. The van der Waals surface area contributed by atoms with E-state index in [0.29, 0.717) is 13.1 Å². The summed E-state index contributed by atoms with van der Waals surface area (Å²) in [5.74, 6) is -0.945. The molecule has 2 bridgehead atoms. The first kappa shape index (κ1) is 22.1. The molecule has 2 aromatic carbocycles. The summed E-state index contributed by atoms with van der Waals surface area (Å²) in [4.78, 5) is 32.1. The summed E-state index contributed by atoms with van der Waals surface area (Å²) in [6.07, 6.45) is 8.23. The predicted octanol–water partition coefficient (Wildman–Crippen LogP) is 3.63. The van der Waals surface area contributed by atoms with Crippen molar-refractivity contribution in [3.8, 4) is 0 Å². The second kappa shape index (κ2) is 8.68. The number of carbonyl (C=O) groups is 2. The van der Waals surface area contributed by atoms with E-state index in [1.807, 2.05) is 60.5 Å². The van der Waals surface area contributed by atoms with Gasteiger partial charge in [0.2, 0.25) is 11.8 Å². The largest absolute Gasteiger partial charge is 0.361 e. The zero-order valence-electron chi connectivity index (χ0n) is 19.9. The Morgan fingerprint density at radius 3 is 2.83 bits per heavy atom. The highest BCUT2D eigenvalue weighted by molar-refractivity contribution is 5.93. The average Bonchev–Trinajstić information content (AvgIpc) is 3.62. The van der Waals surface area contributed by atoms with Crippen LogP contribution < -0.4 is 5.32 Å². The van der Waals surface area contributed by atoms with Crippen molar-refractivity contribution in [3.05, 3.63) is 84.1 Å². The molecule has 3 unspecified atom stereocenters. The SMILES string of the molecule is CC(CCc1ccccc1)NC(=O)C1C2C(=O)N(CCc3c[nH]c4ccccc34)C[C@@]23C=C[C@H]1O3. The van der Waals surface area contributed by atoms with E-state index in [1.54, 1.807) is 0 Å². The molecule has 0 aliphatic carbocycles. The minimum Gasteiger partial charge on any atom is -0.361 e. The van der Waals surface area contributed by atoms with Gasteiger partial charge in [0, 0.05) is 29.7 Å². The van der Waals surface area contributed by atoms with E-state index in [1.165, 1.54) is 16.5 Å². The van der Waals surface area contributed by atoms with E-state index in [2.05, 4.69) is 34.6 Å². The van der Waals surface area contributed by atoms with E-state index in [-0.39, 0.29) is 24.0 Å². The summed E-state index contributed by atoms with van der Waals surface area (Å²) in [5, 5.41) is 4.36. The highest BCUT2D eigenvalue weighted by atomic mass is 16.5. The number of H-pyrrole nitrogens is 1. The number of fused-ring (bicyclic) bond motifs is 2. The molecule has 0 saturated carbocycles. The summed E-state index contributed by atoms with van der Waals surface area (Å²) < 4.78 is 6.30. The molecular formula is C29H31N3O3. The minimum atomic E-state index is -0.669. The molecule has 4 heterocycles. The lowest BCUT2D eigenvalue weighted by molar-refractivity contribution is -0.137. The van der Waals surface area contributed by atoms with Gasteiger partial charge in [-0.15, -0.1) is 0 Å². The third-order valence-electron chi connectivity index (χ3n) is 7.90. The van der Waals surface area contributed by atoms with E-state index >= 15 is 0 Å². The van der Waals surface area contributed by atoms with Gasteiger partial charge in [-0.1, -0.05) is 60.7 Å². The lowest BCUT2D eigenvalue weighted by Gasteiger charge is -2.25. The Labute approximate surface area is 205 Å². The Kier molecular flexibility index (Phi) is 5.49. The molecule has 2 fully saturated rings. The van der Waals surface area contributed by atoms with Gasteiger partial charge in [0.25, 0.3) is 0 Å². The molecule has 35 heavy (non-hydrogen) atoms. The fourth-order valence-corrected chi connectivity index (χ4v) is 6.10. The number of benzene rings is 2. The van der Waals surface area contributed by atoms with Crippen LogP contribution in [0.3, 0.4) is 0 Å². The van der Waals surface area contributed by atoms with Crippen molar-refractivity contribution in [2.45, 2.75) is 43.9 Å². The third-order valence-corrected chi connectivity index (χ3v) is 7.90. The smallest absolute Gasteiger partial charge is 0.230 e. The van der Waals surface area contributed by atoms with E-state index < -0.39 is 17.4 Å². The molecule has 0 radical (unpaired) electrons. The maximum Gasteiger partial charge on any atom is 0.230 e. The topological polar surface area (TPSA) is 74.4 Å². The van der Waals surface area contributed by atoms with Crippen LogP contribution in [0.25, 0.3) is 10.9 Å². The number of hydrogen-bond donors (Lipinski definition) is 2. The van der Waals surface area contributed by atoms with Crippen LogP contribution in [0.1, 0.15) is 24.5 Å². The lowest BCUT2D eigenvalue weighted by atomic mass is 9.76. The molecule has 1 aromatic heterocycles. The molecule has 3 aliphatic heterocycles. The van der Waals surface area contributed by atoms with Crippen molar-refractivity contribution in [2.24, 2.45) is 11.8 Å². The second-order valence-electron chi connectivity index (χ2n) is 10.2. The molecular weight excluding hydrogens is 438 g/mol. The van der Waals surface area contributed by atoms with Gasteiger partial charge in [-0.2, -0.15) is 0 Å². The van der Waals surface area contributed by atoms with Crippen molar-refractivity contribution in [2.75, 3.05) is 13.1 Å². The Balaban J connectivity index is 1.11. The number of carbonyl (C=O) groups excluding carboxylic acids is 2. The number of aromatic nitrogens is 1. The van der Waals surface area contributed by atoms with Crippen LogP contribution in [0.15, 0.2) is 72.9 Å². The quantitative estimate of drug-likeness (QED) is 0.495. The highest BCUT2D eigenvalue weighted by Crippen LogP contribution is 2.51. The molecule has 180 valence electrons. The fraction of sp³-hybridized carbons (Fsp3) is 0.379. The van der Waals surface area contributed by atoms with Crippen LogP contribution in [0.4, 0.5) is 0 Å². The minimum absolute atomic E-state index is 0.0243. The Hall–Kier alpha value is -3.38. The summed E-state index contributed by atoms with van der Waals surface area (Å²) in [6, 6.07) is 18.5. The van der Waals surface area contributed by atoms with Crippen LogP contribution >= 0.6 is 0 Å². The summed E-state index contributed by atoms with van der Waals surface area (Å²) in [6.45, 7) is 3.16. The van der Waals surface area contributed by atoms with Gasteiger partial charge in [-0.05, 0) is 43.4 Å². The number of likely N-dealkylation sites (tertiary alicyclic amines) is 1. The van der Waals surface area contributed by atoms with E-state index in [0.717, 1.165) is 24.8 Å². The molecule has 6 nitrogen and oxygen atoms in total. The molecule has 2 N–H and O–H groups in total. The fourth-order valence-electron chi connectivity index (χ4n) is 6.10. The Morgan fingerprint density at radius 2 is 1.97 bits per heavy atom. The van der Waals surface area contributed by atoms with Gasteiger partial charge < -0.3 is 19.9 Å². The summed E-state index contributed by atoms with van der Waals surface area (Å²) in [7, 11) is 0. The zero-order chi connectivity index (χ0) is 24.0. The first-order valence-corrected chi connectivity index (χ1v) is 12.6. The number of rotatable bonds is 8. The maximum atomic E-state index is 13.5. The standard InChI is InChI=1S/C29H31N3O3/c1-19(11-12-20-7-3-2-4-8-20)31-27(33)25-24-13-15-29(35-24)18-32(28(34)26(25)29)16-14-21-17-30-23-10-6-5-9-22(21)23/h2-10,13,15,17,19,24-26,30H,11-12,14,16,18H2,1H3,(H,31,33)/t19?,24-,25?,26?,29+/m1/s1. The molecule has 6 heteroatoms. The van der Waals surface area contributed by atoms with Crippen molar-refractivity contribution in [3.63, 3.8) is 0 Å². The van der Waals surface area contributed by atoms with Gasteiger partial charge in [-0.25, -0.2) is 0 Å². The number of nitrogens with one attached hydrogen (secondary N) is 2.